The molecule has 1 aromatic rings. The molecule has 0 amide bonds. The molecule has 0 atom stereocenters. The van der Waals surface area contributed by atoms with Crippen molar-refractivity contribution in [2.45, 2.75) is 5.09 Å². The normalized spacial score (nSPS) is 9.60. The smallest absolute Gasteiger partial charge is 0.256 e. The predicted molar refractivity (Wildman–Crippen MR) is 36.4 cm³/mol. The summed E-state index contributed by atoms with van der Waals surface area (Å²) in [6.07, 6.45) is 1.49. The zero-order valence-corrected chi connectivity index (χ0v) is 5.84. The highest BCUT2D eigenvalue weighted by molar-refractivity contribution is 7.99. The zero-order valence-electron chi connectivity index (χ0n) is 5.02. The van der Waals surface area contributed by atoms with E-state index in [-0.39, 0.29) is 5.88 Å². The number of hydrogen-bond acceptors (Lipinski definition) is 4. The van der Waals surface area contributed by atoms with E-state index in [1.54, 1.807) is 12.1 Å². The van der Waals surface area contributed by atoms with Gasteiger partial charge in [-0.25, -0.2) is 0 Å². The van der Waals surface area contributed by atoms with Gasteiger partial charge in [0.05, 0.1) is 6.26 Å². The van der Waals surface area contributed by atoms with Gasteiger partial charge in [-0.1, -0.05) is 0 Å². The topological polar surface area (TPSA) is 56.3 Å². The third-order valence-corrected chi connectivity index (χ3v) is 1.66. The van der Waals surface area contributed by atoms with E-state index in [2.05, 4.69) is 0 Å². The molecule has 10 heavy (non-hydrogen) atoms. The maximum Gasteiger partial charge on any atom is 0.256 e. The van der Waals surface area contributed by atoms with Crippen LogP contribution in [0.3, 0.4) is 0 Å². The standard InChI is InChI=1S/C5H5NO3S/c7-6(8)4-10-5-2-1-3-9-5/h1-3H,4H2. The number of thioether (sulfide) groups is 1. The first-order valence-corrected chi connectivity index (χ1v) is 3.55. The number of rotatable bonds is 3. The molecule has 0 saturated heterocycles. The van der Waals surface area contributed by atoms with Crippen LogP contribution in [0.5, 0.6) is 0 Å². The average molecular weight is 159 g/mol. The fourth-order valence-electron chi connectivity index (χ4n) is 0.462. The molecule has 0 aliphatic carbocycles. The van der Waals surface area contributed by atoms with Crippen LogP contribution in [0.25, 0.3) is 0 Å². The molecule has 0 aromatic carbocycles. The Hall–Kier alpha value is -0.970. The summed E-state index contributed by atoms with van der Waals surface area (Å²) in [5, 5.41) is 10.4. The molecule has 0 bridgehead atoms. The van der Waals surface area contributed by atoms with Crippen LogP contribution >= 0.6 is 11.8 Å². The molecular formula is C5H5NO3S. The van der Waals surface area contributed by atoms with Crippen molar-refractivity contribution >= 4 is 11.8 Å². The highest BCUT2D eigenvalue weighted by Gasteiger charge is 2.00. The van der Waals surface area contributed by atoms with Crippen LogP contribution < -0.4 is 0 Å². The second kappa shape index (κ2) is 3.26. The third kappa shape index (κ3) is 2.10. The molecule has 1 rings (SSSR count). The van der Waals surface area contributed by atoms with Gasteiger partial charge in [0.15, 0.2) is 5.09 Å². The quantitative estimate of drug-likeness (QED) is 0.291. The van der Waals surface area contributed by atoms with E-state index in [1.807, 2.05) is 0 Å². The molecule has 0 N–H and O–H groups in total. The molecule has 0 unspecified atom stereocenters. The van der Waals surface area contributed by atoms with E-state index in [1.165, 1.54) is 6.26 Å². The van der Waals surface area contributed by atoms with Gasteiger partial charge in [-0.05, 0) is 23.9 Å². The fraction of sp³-hybridized carbons (Fsp3) is 0.200. The lowest BCUT2D eigenvalue weighted by atomic mass is 10.7. The van der Waals surface area contributed by atoms with Crippen molar-refractivity contribution in [3.63, 3.8) is 0 Å². The van der Waals surface area contributed by atoms with Gasteiger partial charge in [-0.2, -0.15) is 0 Å². The first-order valence-electron chi connectivity index (χ1n) is 2.57. The summed E-state index contributed by atoms with van der Waals surface area (Å²) >= 11 is 1.07. The van der Waals surface area contributed by atoms with Gasteiger partial charge < -0.3 is 4.42 Å². The van der Waals surface area contributed by atoms with Gasteiger partial charge in [-0.15, -0.1) is 0 Å². The number of furan rings is 1. The average Bonchev–Trinajstić information content (AvgIpc) is 2.34. The predicted octanol–water partition coefficient (Wildman–Crippen LogP) is 1.61. The maximum absolute atomic E-state index is 9.84. The summed E-state index contributed by atoms with van der Waals surface area (Å²) in [6.45, 7) is 0. The van der Waals surface area contributed by atoms with Crippen molar-refractivity contribution in [1.29, 1.82) is 0 Å². The van der Waals surface area contributed by atoms with Crippen LogP contribution in [-0.2, 0) is 0 Å². The van der Waals surface area contributed by atoms with E-state index < -0.39 is 4.92 Å². The first kappa shape index (κ1) is 7.14. The van der Waals surface area contributed by atoms with E-state index >= 15 is 0 Å². The van der Waals surface area contributed by atoms with Gasteiger partial charge in [0.25, 0.3) is 5.88 Å². The Morgan fingerprint density at radius 1 is 1.80 bits per heavy atom. The largest absolute Gasteiger partial charge is 0.458 e. The summed E-state index contributed by atoms with van der Waals surface area (Å²) in [4.78, 5) is 9.44. The molecule has 1 heterocycles. The molecule has 0 aliphatic heterocycles. The van der Waals surface area contributed by atoms with Gasteiger partial charge in [0.2, 0.25) is 0 Å². The Morgan fingerprint density at radius 3 is 3.10 bits per heavy atom. The van der Waals surface area contributed by atoms with Crippen LogP contribution in [0.1, 0.15) is 0 Å². The van der Waals surface area contributed by atoms with Crippen LogP contribution in [-0.4, -0.2) is 10.8 Å². The van der Waals surface area contributed by atoms with Crippen molar-refractivity contribution in [3.8, 4) is 0 Å². The first-order chi connectivity index (χ1) is 4.79. The van der Waals surface area contributed by atoms with Gasteiger partial charge in [-0.3, -0.25) is 10.1 Å². The monoisotopic (exact) mass is 159 g/mol. The molecule has 0 aliphatic rings. The molecule has 0 spiro atoms. The lowest BCUT2D eigenvalue weighted by molar-refractivity contribution is -0.456. The number of nitro groups is 1. The van der Waals surface area contributed by atoms with Crippen LogP contribution in [0.4, 0.5) is 0 Å². The third-order valence-electron chi connectivity index (χ3n) is 0.807. The van der Waals surface area contributed by atoms with E-state index in [0.29, 0.717) is 5.09 Å². The molecule has 0 radical (unpaired) electrons. The van der Waals surface area contributed by atoms with E-state index in [0.717, 1.165) is 11.8 Å². The Labute approximate surface area is 61.4 Å². The van der Waals surface area contributed by atoms with E-state index in [4.69, 9.17) is 4.42 Å². The second-order valence-electron chi connectivity index (χ2n) is 1.54. The summed E-state index contributed by atoms with van der Waals surface area (Å²) in [5.74, 6) is -0.145. The molecule has 0 saturated carbocycles. The van der Waals surface area contributed by atoms with Gasteiger partial charge in [0.1, 0.15) is 0 Å². The maximum atomic E-state index is 9.84. The molecular weight excluding hydrogens is 154 g/mol. The lowest BCUT2D eigenvalue weighted by Gasteiger charge is -1.87. The summed E-state index contributed by atoms with van der Waals surface area (Å²) in [7, 11) is 0. The molecule has 54 valence electrons. The van der Waals surface area contributed by atoms with E-state index in [9.17, 15) is 10.1 Å². The number of nitrogens with zero attached hydrogens (tertiary/aromatic N) is 1. The second-order valence-corrected chi connectivity index (χ2v) is 2.49. The summed E-state index contributed by atoms with van der Waals surface area (Å²) in [5.41, 5.74) is 0. The molecule has 1 aromatic heterocycles. The molecule has 0 fully saturated rings. The van der Waals surface area contributed by atoms with Crippen LogP contribution in [0.15, 0.2) is 27.9 Å². The SMILES string of the molecule is O=[N+]([O-])CSc1ccco1. The highest BCUT2D eigenvalue weighted by atomic mass is 32.2. The van der Waals surface area contributed by atoms with Gasteiger partial charge in [0, 0.05) is 4.92 Å². The Bertz CT molecular complexity index is 209. The van der Waals surface area contributed by atoms with Crippen LogP contribution in [0, 0.1) is 10.1 Å². The van der Waals surface area contributed by atoms with Crippen LogP contribution in [0.2, 0.25) is 0 Å². The fourth-order valence-corrected chi connectivity index (χ4v) is 0.993. The van der Waals surface area contributed by atoms with Crippen molar-refractivity contribution < 1.29 is 9.34 Å². The minimum absolute atomic E-state index is 0.145. The Morgan fingerprint density at radius 2 is 2.60 bits per heavy atom. The highest BCUT2D eigenvalue weighted by Crippen LogP contribution is 2.16. The molecule has 5 heteroatoms. The van der Waals surface area contributed by atoms with Crippen molar-refractivity contribution in [1.82, 2.24) is 0 Å². The minimum atomic E-state index is -0.396. The Kier molecular flexibility index (Phi) is 2.33. The lowest BCUT2D eigenvalue weighted by Crippen LogP contribution is -1.93. The zero-order chi connectivity index (χ0) is 7.40. The van der Waals surface area contributed by atoms with Crippen molar-refractivity contribution in [2.24, 2.45) is 0 Å². The Balaban J connectivity index is 2.35. The summed E-state index contributed by atoms with van der Waals surface area (Å²) in [6, 6.07) is 3.39. The van der Waals surface area contributed by atoms with Gasteiger partial charge >= 0.3 is 0 Å². The minimum Gasteiger partial charge on any atom is -0.458 e. The summed E-state index contributed by atoms with van der Waals surface area (Å²) < 4.78 is 4.84. The molecule has 4 nitrogen and oxygen atoms in total. The van der Waals surface area contributed by atoms with Crippen molar-refractivity contribution in [2.75, 3.05) is 5.88 Å². The number of hydrogen-bond donors (Lipinski definition) is 0. The van der Waals surface area contributed by atoms with Crippen molar-refractivity contribution in [3.05, 3.63) is 28.5 Å².